The number of halogens is 6. The molecule has 0 amide bonds. The zero-order valence-electron chi connectivity index (χ0n) is 8.88. The van der Waals surface area contributed by atoms with Gasteiger partial charge in [0.2, 0.25) is 5.89 Å². The van der Waals surface area contributed by atoms with Crippen molar-refractivity contribution in [2.45, 2.75) is 18.0 Å². The normalized spacial score (nSPS) is 14.1. The monoisotopic (exact) mass is 285 g/mol. The van der Waals surface area contributed by atoms with Gasteiger partial charge in [-0.15, -0.1) is 0 Å². The Morgan fingerprint density at radius 2 is 1.47 bits per heavy atom. The molecule has 3 nitrogen and oxygen atoms in total. The first-order valence-corrected chi connectivity index (χ1v) is 4.79. The highest BCUT2D eigenvalue weighted by atomic mass is 19.4. The van der Waals surface area contributed by atoms with Gasteiger partial charge in [0.25, 0.3) is 0 Å². The number of para-hydroxylation sites is 2. The van der Waals surface area contributed by atoms with Gasteiger partial charge in [-0.25, -0.2) is 4.98 Å². The van der Waals surface area contributed by atoms with Crippen LogP contribution in [0, 0.1) is 0 Å². The minimum atomic E-state index is -6.01. The highest BCUT2D eigenvalue weighted by Crippen LogP contribution is 2.50. The first-order chi connectivity index (χ1) is 8.57. The van der Waals surface area contributed by atoms with Crippen LogP contribution in [0.25, 0.3) is 11.1 Å². The van der Waals surface area contributed by atoms with Crippen LogP contribution in [-0.2, 0) is 5.60 Å². The first-order valence-electron chi connectivity index (χ1n) is 4.79. The fourth-order valence-electron chi connectivity index (χ4n) is 1.43. The second-order valence-corrected chi connectivity index (χ2v) is 3.69. The lowest BCUT2D eigenvalue weighted by Crippen LogP contribution is -2.54. The number of hydrogen-bond acceptors (Lipinski definition) is 3. The summed E-state index contributed by atoms with van der Waals surface area (Å²) < 4.78 is 79.7. The lowest BCUT2D eigenvalue weighted by atomic mass is 10.0. The summed E-state index contributed by atoms with van der Waals surface area (Å²) in [5, 5.41) is 9.05. The molecule has 0 saturated heterocycles. The Morgan fingerprint density at radius 1 is 0.947 bits per heavy atom. The van der Waals surface area contributed by atoms with Crippen LogP contribution in [0.3, 0.4) is 0 Å². The molecule has 2 aromatic rings. The minimum absolute atomic E-state index is 0.218. The van der Waals surface area contributed by atoms with Crippen molar-refractivity contribution in [2.24, 2.45) is 0 Å². The molecule has 0 bridgehead atoms. The maximum atomic E-state index is 12.5. The van der Waals surface area contributed by atoms with Gasteiger partial charge in [0, 0.05) is 0 Å². The fourth-order valence-corrected chi connectivity index (χ4v) is 1.43. The zero-order valence-corrected chi connectivity index (χ0v) is 8.88. The predicted octanol–water partition coefficient (Wildman–Crippen LogP) is 3.14. The topological polar surface area (TPSA) is 46.3 Å². The van der Waals surface area contributed by atoms with Gasteiger partial charge in [-0.05, 0) is 12.1 Å². The van der Waals surface area contributed by atoms with Crippen LogP contribution in [0.15, 0.2) is 28.7 Å². The predicted molar refractivity (Wildman–Crippen MR) is 50.0 cm³/mol. The Hall–Kier alpha value is -1.77. The molecule has 104 valence electrons. The summed E-state index contributed by atoms with van der Waals surface area (Å²) in [7, 11) is 0. The van der Waals surface area contributed by atoms with Crippen molar-refractivity contribution < 1.29 is 35.9 Å². The van der Waals surface area contributed by atoms with Crippen LogP contribution in [0.4, 0.5) is 26.3 Å². The number of aromatic nitrogens is 1. The zero-order chi connectivity index (χ0) is 14.5. The maximum absolute atomic E-state index is 12.5. The van der Waals surface area contributed by atoms with E-state index >= 15 is 0 Å². The number of fused-ring (bicyclic) bond motifs is 1. The third kappa shape index (κ3) is 1.93. The summed E-state index contributed by atoms with van der Waals surface area (Å²) in [6.45, 7) is 0. The molecule has 0 atom stereocenters. The third-order valence-corrected chi connectivity index (χ3v) is 2.42. The fraction of sp³-hybridized carbons (Fsp3) is 0.300. The van der Waals surface area contributed by atoms with Crippen LogP contribution in [0.1, 0.15) is 5.89 Å². The Bertz CT molecular complexity index is 553. The molecule has 1 aromatic carbocycles. The number of rotatable bonds is 1. The maximum Gasteiger partial charge on any atom is 0.435 e. The van der Waals surface area contributed by atoms with E-state index in [2.05, 4.69) is 9.40 Å². The molecular formula is C10H5F6NO2. The molecule has 1 heterocycles. The molecule has 0 spiro atoms. The molecule has 0 saturated carbocycles. The SMILES string of the molecule is OC(c1nc2ccccc2o1)(C(F)(F)F)C(F)(F)F. The van der Waals surface area contributed by atoms with Crippen molar-refractivity contribution in [1.29, 1.82) is 0 Å². The van der Waals surface area contributed by atoms with Gasteiger partial charge in [-0.2, -0.15) is 26.3 Å². The summed E-state index contributed by atoms with van der Waals surface area (Å²) in [6.07, 6.45) is -12.0. The smallest absolute Gasteiger partial charge is 0.435 e. The van der Waals surface area contributed by atoms with Gasteiger partial charge in [0.05, 0.1) is 0 Å². The Labute approximate surface area is 101 Å². The molecule has 0 aliphatic rings. The molecule has 1 N–H and O–H groups in total. The third-order valence-electron chi connectivity index (χ3n) is 2.42. The van der Waals surface area contributed by atoms with Gasteiger partial charge >= 0.3 is 18.0 Å². The van der Waals surface area contributed by atoms with Crippen molar-refractivity contribution in [3.63, 3.8) is 0 Å². The quantitative estimate of drug-likeness (QED) is 0.819. The number of hydrogen-bond donors (Lipinski definition) is 1. The number of oxazole rings is 1. The summed E-state index contributed by atoms with van der Waals surface area (Å²) in [5.41, 5.74) is -5.65. The molecule has 1 aromatic heterocycles. The average molecular weight is 285 g/mol. The van der Waals surface area contributed by atoms with Crippen LogP contribution in [-0.4, -0.2) is 22.4 Å². The van der Waals surface area contributed by atoms with E-state index in [-0.39, 0.29) is 11.1 Å². The van der Waals surface area contributed by atoms with Gasteiger partial charge in [-0.3, -0.25) is 0 Å². The lowest BCUT2D eigenvalue weighted by molar-refractivity contribution is -0.382. The number of benzene rings is 1. The average Bonchev–Trinajstić information content (AvgIpc) is 2.68. The van der Waals surface area contributed by atoms with Gasteiger partial charge in [-0.1, -0.05) is 12.1 Å². The molecule has 19 heavy (non-hydrogen) atoms. The van der Waals surface area contributed by atoms with E-state index < -0.39 is 23.8 Å². The Kier molecular flexibility index (Phi) is 2.77. The second kappa shape index (κ2) is 3.86. The van der Waals surface area contributed by atoms with Crippen molar-refractivity contribution in [3.05, 3.63) is 30.2 Å². The molecule has 0 aliphatic heterocycles. The number of alkyl halides is 6. The van der Waals surface area contributed by atoms with E-state index in [9.17, 15) is 26.3 Å². The molecule has 0 radical (unpaired) electrons. The van der Waals surface area contributed by atoms with Crippen LogP contribution in [0.5, 0.6) is 0 Å². The van der Waals surface area contributed by atoms with Crippen molar-refractivity contribution in [1.82, 2.24) is 4.98 Å². The molecule has 0 aliphatic carbocycles. The highest BCUT2D eigenvalue weighted by Gasteiger charge is 2.74. The molecule has 0 fully saturated rings. The second-order valence-electron chi connectivity index (χ2n) is 3.69. The molecular weight excluding hydrogens is 280 g/mol. The summed E-state index contributed by atoms with van der Waals surface area (Å²) >= 11 is 0. The van der Waals surface area contributed by atoms with E-state index in [1.807, 2.05) is 0 Å². The summed E-state index contributed by atoms with van der Waals surface area (Å²) in [6, 6.07) is 5.00. The standard InChI is InChI=1S/C10H5F6NO2/c11-9(12,13)8(18,10(14,15)16)7-17-5-3-1-2-4-6(5)19-7/h1-4,18H. The first kappa shape index (κ1) is 13.7. The molecule has 9 heteroatoms. The van der Waals surface area contributed by atoms with E-state index in [1.54, 1.807) is 0 Å². The van der Waals surface area contributed by atoms with E-state index in [1.165, 1.54) is 12.1 Å². The minimum Gasteiger partial charge on any atom is -0.437 e. The van der Waals surface area contributed by atoms with Crippen LogP contribution in [0.2, 0.25) is 0 Å². The van der Waals surface area contributed by atoms with Gasteiger partial charge < -0.3 is 9.52 Å². The highest BCUT2D eigenvalue weighted by molar-refractivity contribution is 5.72. The summed E-state index contributed by atoms with van der Waals surface area (Å²) in [4.78, 5) is 3.06. The number of nitrogens with zero attached hydrogens (tertiary/aromatic N) is 1. The largest absolute Gasteiger partial charge is 0.437 e. The van der Waals surface area contributed by atoms with Gasteiger partial charge in [0.1, 0.15) is 5.52 Å². The Balaban J connectivity index is 2.69. The van der Waals surface area contributed by atoms with Crippen molar-refractivity contribution >= 4 is 11.1 Å². The summed E-state index contributed by atoms with van der Waals surface area (Å²) in [5.74, 6) is -1.85. The van der Waals surface area contributed by atoms with Crippen molar-refractivity contribution in [2.75, 3.05) is 0 Å². The van der Waals surface area contributed by atoms with Crippen LogP contribution < -0.4 is 0 Å². The number of aliphatic hydroxyl groups is 1. The van der Waals surface area contributed by atoms with Crippen LogP contribution >= 0.6 is 0 Å². The van der Waals surface area contributed by atoms with E-state index in [4.69, 9.17) is 5.11 Å². The molecule has 0 unspecified atom stereocenters. The lowest BCUT2D eigenvalue weighted by Gasteiger charge is -2.28. The molecule has 2 rings (SSSR count). The van der Waals surface area contributed by atoms with Crippen molar-refractivity contribution in [3.8, 4) is 0 Å². The Morgan fingerprint density at radius 3 is 1.95 bits per heavy atom. The van der Waals surface area contributed by atoms with E-state index in [0.717, 1.165) is 12.1 Å². The van der Waals surface area contributed by atoms with E-state index in [0.29, 0.717) is 0 Å². The van der Waals surface area contributed by atoms with Gasteiger partial charge in [0.15, 0.2) is 5.58 Å².